The number of hydrogen-bond donors (Lipinski definition) is 1. The molecule has 0 radical (unpaired) electrons. The number of sulfonamides is 1. The van der Waals surface area contributed by atoms with Crippen LogP contribution in [0.2, 0.25) is 0 Å². The summed E-state index contributed by atoms with van der Waals surface area (Å²) >= 11 is 0. The van der Waals surface area contributed by atoms with Gasteiger partial charge in [0.25, 0.3) is 5.69 Å². The second-order valence-corrected chi connectivity index (χ2v) is 5.72. The van der Waals surface area contributed by atoms with Crippen LogP contribution in [-0.4, -0.2) is 45.4 Å². The summed E-state index contributed by atoms with van der Waals surface area (Å²) in [6.07, 6.45) is 0. The topological polar surface area (TPSA) is 92.6 Å². The second-order valence-electron chi connectivity index (χ2n) is 3.96. The number of likely N-dealkylation sites (N-methyl/N-ethyl adjacent to an activating group) is 1. The van der Waals surface area contributed by atoms with Gasteiger partial charge < -0.3 is 4.90 Å². The molecule has 9 heteroatoms. The molecule has 108 valence electrons. The summed E-state index contributed by atoms with van der Waals surface area (Å²) in [4.78, 5) is 11.7. The molecule has 7 nitrogen and oxygen atoms in total. The van der Waals surface area contributed by atoms with Gasteiger partial charge in [0.1, 0.15) is 0 Å². The maximum Gasteiger partial charge on any atom is 0.270 e. The van der Waals surface area contributed by atoms with Gasteiger partial charge in [0.15, 0.2) is 0 Å². The van der Waals surface area contributed by atoms with Crippen LogP contribution in [-0.2, 0) is 10.0 Å². The highest BCUT2D eigenvalue weighted by Gasteiger charge is 2.16. The molecule has 0 atom stereocenters. The van der Waals surface area contributed by atoms with Crippen LogP contribution in [0.4, 0.5) is 5.69 Å². The van der Waals surface area contributed by atoms with Crippen molar-refractivity contribution in [3.8, 4) is 0 Å². The van der Waals surface area contributed by atoms with E-state index in [0.717, 1.165) is 6.07 Å². The highest BCUT2D eigenvalue weighted by Crippen LogP contribution is 2.16. The lowest BCUT2D eigenvalue weighted by atomic mass is 10.3. The number of halogens is 1. The molecule has 19 heavy (non-hydrogen) atoms. The van der Waals surface area contributed by atoms with Crippen LogP contribution >= 0.6 is 12.4 Å². The van der Waals surface area contributed by atoms with Crippen LogP contribution in [0.3, 0.4) is 0 Å². The lowest BCUT2D eigenvalue weighted by Crippen LogP contribution is -2.31. The number of rotatable bonds is 6. The minimum atomic E-state index is -3.69. The van der Waals surface area contributed by atoms with Crippen molar-refractivity contribution in [1.82, 2.24) is 9.62 Å². The fourth-order valence-electron chi connectivity index (χ4n) is 1.25. The number of hydrogen-bond acceptors (Lipinski definition) is 5. The molecule has 0 bridgehead atoms. The van der Waals surface area contributed by atoms with Crippen LogP contribution < -0.4 is 4.72 Å². The van der Waals surface area contributed by atoms with E-state index in [-0.39, 0.29) is 29.5 Å². The van der Waals surface area contributed by atoms with Crippen molar-refractivity contribution in [1.29, 1.82) is 0 Å². The lowest BCUT2D eigenvalue weighted by Gasteiger charge is -2.10. The van der Waals surface area contributed by atoms with Crippen molar-refractivity contribution in [3.63, 3.8) is 0 Å². The standard InChI is InChI=1S/C10H15N3O4S.ClH/c1-12(2)7-6-11-18(16,17)10-5-3-4-9(8-10)13(14)15;/h3-5,8,11H,6-7H2,1-2H3;1H. The number of benzene rings is 1. The van der Waals surface area contributed by atoms with Crippen molar-refractivity contribution in [2.75, 3.05) is 27.2 Å². The summed E-state index contributed by atoms with van der Waals surface area (Å²) < 4.78 is 26.1. The Balaban J connectivity index is 0.00000324. The van der Waals surface area contributed by atoms with E-state index in [1.54, 1.807) is 0 Å². The molecule has 0 saturated carbocycles. The minimum Gasteiger partial charge on any atom is -0.308 e. The molecule has 1 aromatic carbocycles. The SMILES string of the molecule is CN(C)CCNS(=O)(=O)c1cccc([N+](=O)[O-])c1.Cl. The third kappa shape index (κ3) is 5.52. The Morgan fingerprint density at radius 2 is 2.00 bits per heavy atom. The van der Waals surface area contributed by atoms with Crippen molar-refractivity contribution in [2.45, 2.75) is 4.90 Å². The van der Waals surface area contributed by atoms with Crippen molar-refractivity contribution in [3.05, 3.63) is 34.4 Å². The first-order chi connectivity index (χ1) is 8.33. The summed E-state index contributed by atoms with van der Waals surface area (Å²) in [5.41, 5.74) is -0.245. The summed E-state index contributed by atoms with van der Waals surface area (Å²) in [6.45, 7) is 0.798. The van der Waals surface area contributed by atoms with Gasteiger partial charge in [-0.15, -0.1) is 12.4 Å². The molecule has 0 aliphatic carbocycles. The van der Waals surface area contributed by atoms with Gasteiger partial charge in [-0.05, 0) is 20.2 Å². The smallest absolute Gasteiger partial charge is 0.270 e. The second kappa shape index (κ2) is 7.39. The van der Waals surface area contributed by atoms with E-state index in [4.69, 9.17) is 0 Å². The predicted octanol–water partition coefficient (Wildman–Crippen LogP) is 0.857. The van der Waals surface area contributed by atoms with Gasteiger partial charge in [0.05, 0.1) is 9.82 Å². The molecule has 0 spiro atoms. The molecule has 0 aliphatic rings. The Bertz CT molecular complexity index is 533. The maximum absolute atomic E-state index is 11.8. The highest BCUT2D eigenvalue weighted by molar-refractivity contribution is 7.89. The molecule has 1 aromatic rings. The van der Waals surface area contributed by atoms with Gasteiger partial charge in [-0.1, -0.05) is 6.07 Å². The third-order valence-corrected chi connectivity index (χ3v) is 3.65. The summed E-state index contributed by atoms with van der Waals surface area (Å²) in [7, 11) is -0.0509. The first-order valence-corrected chi connectivity index (χ1v) is 6.70. The number of nitrogens with zero attached hydrogens (tertiary/aromatic N) is 2. The van der Waals surface area contributed by atoms with Gasteiger partial charge >= 0.3 is 0 Å². The molecule has 0 aromatic heterocycles. The summed E-state index contributed by atoms with van der Waals surface area (Å²) in [5, 5.41) is 10.6. The van der Waals surface area contributed by atoms with Gasteiger partial charge in [-0.2, -0.15) is 0 Å². The van der Waals surface area contributed by atoms with Crippen LogP contribution in [0.15, 0.2) is 29.2 Å². The van der Waals surface area contributed by atoms with E-state index in [2.05, 4.69) is 4.72 Å². The number of non-ortho nitro benzene ring substituents is 1. The van der Waals surface area contributed by atoms with Crippen molar-refractivity contribution >= 4 is 28.1 Å². The van der Waals surface area contributed by atoms with E-state index in [0.29, 0.717) is 6.54 Å². The molecule has 0 unspecified atom stereocenters. The Kier molecular flexibility index (Phi) is 6.91. The molecule has 0 saturated heterocycles. The van der Waals surface area contributed by atoms with Crippen LogP contribution in [0, 0.1) is 10.1 Å². The van der Waals surface area contributed by atoms with Crippen molar-refractivity contribution in [2.24, 2.45) is 0 Å². The predicted molar refractivity (Wildman–Crippen MR) is 74.1 cm³/mol. The third-order valence-electron chi connectivity index (χ3n) is 2.19. The first kappa shape index (κ1) is 17.8. The van der Waals surface area contributed by atoms with Crippen LogP contribution in [0.5, 0.6) is 0 Å². The van der Waals surface area contributed by atoms with E-state index >= 15 is 0 Å². The fourth-order valence-corrected chi connectivity index (χ4v) is 2.31. The summed E-state index contributed by atoms with van der Waals surface area (Å²) in [5.74, 6) is 0. The van der Waals surface area contributed by atoms with Gasteiger partial charge in [-0.25, -0.2) is 13.1 Å². The highest BCUT2D eigenvalue weighted by atomic mass is 35.5. The molecule has 0 amide bonds. The number of nitro groups is 1. The minimum absolute atomic E-state index is 0. The van der Waals surface area contributed by atoms with Gasteiger partial charge in [0.2, 0.25) is 10.0 Å². The van der Waals surface area contributed by atoms with Gasteiger partial charge in [-0.3, -0.25) is 10.1 Å². The monoisotopic (exact) mass is 309 g/mol. The van der Waals surface area contributed by atoms with E-state index in [1.165, 1.54) is 18.2 Å². The van der Waals surface area contributed by atoms with Crippen LogP contribution in [0.25, 0.3) is 0 Å². The Morgan fingerprint density at radius 1 is 1.37 bits per heavy atom. The molecule has 1 rings (SSSR count). The van der Waals surface area contributed by atoms with Gasteiger partial charge in [0, 0.05) is 25.2 Å². The zero-order chi connectivity index (χ0) is 13.8. The Morgan fingerprint density at radius 3 is 2.53 bits per heavy atom. The fraction of sp³-hybridized carbons (Fsp3) is 0.400. The molecule has 1 N–H and O–H groups in total. The summed E-state index contributed by atoms with van der Waals surface area (Å²) in [6, 6.07) is 4.96. The zero-order valence-electron chi connectivity index (χ0n) is 10.6. The normalized spacial score (nSPS) is 11.1. The van der Waals surface area contributed by atoms with Crippen LogP contribution in [0.1, 0.15) is 0 Å². The molecular weight excluding hydrogens is 294 g/mol. The molecule has 0 aliphatic heterocycles. The van der Waals surface area contributed by atoms with E-state index in [9.17, 15) is 18.5 Å². The quantitative estimate of drug-likeness (QED) is 0.621. The number of nitrogens with one attached hydrogen (secondary N) is 1. The van der Waals surface area contributed by atoms with E-state index in [1.807, 2.05) is 19.0 Å². The first-order valence-electron chi connectivity index (χ1n) is 5.22. The number of nitro benzene ring substituents is 1. The molecule has 0 fully saturated rings. The largest absolute Gasteiger partial charge is 0.308 e. The Labute approximate surface area is 118 Å². The maximum atomic E-state index is 11.8. The lowest BCUT2D eigenvalue weighted by molar-refractivity contribution is -0.385. The average molecular weight is 310 g/mol. The molecular formula is C10H16ClN3O4S. The van der Waals surface area contributed by atoms with E-state index < -0.39 is 14.9 Å². The zero-order valence-corrected chi connectivity index (χ0v) is 12.2. The average Bonchev–Trinajstić information content (AvgIpc) is 2.28. The molecule has 0 heterocycles. The van der Waals surface area contributed by atoms with Crippen molar-refractivity contribution < 1.29 is 13.3 Å². The Hall–Kier alpha value is -1.22.